The third kappa shape index (κ3) is 7.33. The molecule has 1 saturated heterocycles. The number of hydrogen-bond acceptors (Lipinski definition) is 5. The molecule has 0 aromatic heterocycles. The van der Waals surface area contributed by atoms with E-state index in [4.69, 9.17) is 16.3 Å². The summed E-state index contributed by atoms with van der Waals surface area (Å²) >= 11 is 5.85. The van der Waals surface area contributed by atoms with Gasteiger partial charge < -0.3 is 9.84 Å². The minimum Gasteiger partial charge on any atom is -0.506 e. The van der Waals surface area contributed by atoms with E-state index in [2.05, 4.69) is 45.8 Å². The number of rotatable bonds is 9. The molecular weight excluding hydrogens is 474 g/mol. The number of hydrazone groups is 1. The minimum atomic E-state index is -0.408. The molecule has 4 rings (SSSR count). The van der Waals surface area contributed by atoms with Crippen LogP contribution in [0.3, 0.4) is 0 Å². The summed E-state index contributed by atoms with van der Waals surface area (Å²) in [5.41, 5.74) is 6.11. The Labute approximate surface area is 219 Å². The van der Waals surface area contributed by atoms with Crippen LogP contribution in [0.15, 0.2) is 71.8 Å². The average molecular weight is 508 g/mol. The first-order valence-electron chi connectivity index (χ1n) is 12.3. The molecule has 1 aliphatic heterocycles. The second kappa shape index (κ2) is 12.6. The van der Waals surface area contributed by atoms with Crippen LogP contribution in [0.1, 0.15) is 41.3 Å². The maximum Gasteiger partial charge on any atom is 0.271 e. The maximum atomic E-state index is 12.2. The van der Waals surface area contributed by atoms with Crippen LogP contribution in [0, 0.1) is 12.8 Å². The van der Waals surface area contributed by atoms with Crippen LogP contribution in [0.2, 0.25) is 5.02 Å². The Bertz CT molecular complexity index is 1200. The standard InChI is InChI=1S/C29H32ClN3O3.H2/c1-21-17-26(9-7-25(21)20-31-32-29(35)24-8-10-28(34)27(30)19-24)36-16-15-33-13-11-23(12-14-33)18-22-5-3-2-4-6-22;/h2-10,17,19-20,23,34H,11-16,18H2,1H3,(H,32,35);1H/b31-20+;. The lowest BCUT2D eigenvalue weighted by molar-refractivity contribution is 0.0955. The number of nitrogens with zero attached hydrogens (tertiary/aromatic N) is 2. The number of aromatic hydroxyl groups is 1. The van der Waals surface area contributed by atoms with Crippen molar-refractivity contribution in [1.82, 2.24) is 10.3 Å². The summed E-state index contributed by atoms with van der Waals surface area (Å²) in [4.78, 5) is 14.7. The zero-order valence-electron chi connectivity index (χ0n) is 20.5. The molecule has 3 aromatic rings. The zero-order chi connectivity index (χ0) is 25.3. The Kier molecular flexibility index (Phi) is 8.98. The molecule has 3 aromatic carbocycles. The second-order valence-electron chi connectivity index (χ2n) is 9.21. The van der Waals surface area contributed by atoms with Crippen LogP contribution in [0.4, 0.5) is 0 Å². The Morgan fingerprint density at radius 1 is 1.17 bits per heavy atom. The number of carbonyl (C=O) groups is 1. The van der Waals surface area contributed by atoms with Gasteiger partial charge in [0, 0.05) is 13.5 Å². The number of benzene rings is 3. The number of carbonyl (C=O) groups excluding carboxylic acids is 1. The van der Waals surface area contributed by atoms with Gasteiger partial charge in [-0.3, -0.25) is 9.69 Å². The third-order valence-electron chi connectivity index (χ3n) is 6.57. The molecular formula is C29H34ClN3O3. The molecule has 0 spiro atoms. The molecule has 0 aliphatic carbocycles. The first kappa shape index (κ1) is 25.7. The van der Waals surface area contributed by atoms with Crippen molar-refractivity contribution in [3.63, 3.8) is 0 Å². The van der Waals surface area contributed by atoms with E-state index in [1.54, 1.807) is 6.21 Å². The van der Waals surface area contributed by atoms with E-state index in [0.29, 0.717) is 12.2 Å². The number of amides is 1. The monoisotopic (exact) mass is 507 g/mol. The summed E-state index contributed by atoms with van der Waals surface area (Å²) in [6.45, 7) is 5.80. The van der Waals surface area contributed by atoms with Gasteiger partial charge in [-0.25, -0.2) is 5.43 Å². The molecule has 190 valence electrons. The number of hydrogen-bond donors (Lipinski definition) is 2. The topological polar surface area (TPSA) is 74.2 Å². The van der Waals surface area contributed by atoms with Crippen molar-refractivity contribution in [3.05, 3.63) is 94.0 Å². The van der Waals surface area contributed by atoms with Gasteiger partial charge in [0.15, 0.2) is 0 Å². The van der Waals surface area contributed by atoms with E-state index >= 15 is 0 Å². The van der Waals surface area contributed by atoms with Gasteiger partial charge in [0.25, 0.3) is 5.91 Å². The Balaban J connectivity index is 0.00000380. The number of phenols is 1. The fourth-order valence-corrected chi connectivity index (χ4v) is 4.59. The molecule has 1 heterocycles. The first-order valence-corrected chi connectivity index (χ1v) is 12.7. The third-order valence-corrected chi connectivity index (χ3v) is 6.87. The average Bonchev–Trinajstić information content (AvgIpc) is 2.88. The van der Waals surface area contributed by atoms with E-state index in [1.165, 1.54) is 43.0 Å². The van der Waals surface area contributed by atoms with E-state index in [0.717, 1.165) is 42.4 Å². The molecule has 2 N–H and O–H groups in total. The summed E-state index contributed by atoms with van der Waals surface area (Å²) in [7, 11) is 0. The van der Waals surface area contributed by atoms with E-state index in [1.807, 2.05) is 25.1 Å². The van der Waals surface area contributed by atoms with Crippen molar-refractivity contribution in [3.8, 4) is 11.5 Å². The fourth-order valence-electron chi connectivity index (χ4n) is 4.41. The highest BCUT2D eigenvalue weighted by atomic mass is 35.5. The molecule has 0 unspecified atom stereocenters. The summed E-state index contributed by atoms with van der Waals surface area (Å²) in [5, 5.41) is 13.6. The van der Waals surface area contributed by atoms with Gasteiger partial charge in [-0.1, -0.05) is 41.9 Å². The Hall–Kier alpha value is -3.35. The molecule has 0 bridgehead atoms. The van der Waals surface area contributed by atoms with Gasteiger partial charge in [0.1, 0.15) is 18.1 Å². The molecule has 7 heteroatoms. The van der Waals surface area contributed by atoms with Gasteiger partial charge in [-0.15, -0.1) is 0 Å². The van der Waals surface area contributed by atoms with Gasteiger partial charge in [-0.2, -0.15) is 5.10 Å². The Morgan fingerprint density at radius 3 is 2.67 bits per heavy atom. The SMILES string of the molecule is Cc1cc(OCCN2CCC(Cc3ccccc3)CC2)ccc1/C=N/NC(=O)c1ccc(O)c(Cl)c1.[HH]. The van der Waals surface area contributed by atoms with Crippen LogP contribution in [-0.2, 0) is 6.42 Å². The first-order chi connectivity index (χ1) is 17.5. The maximum absolute atomic E-state index is 12.2. The summed E-state index contributed by atoms with van der Waals surface area (Å²) < 4.78 is 6.00. The minimum absolute atomic E-state index is 0. The lowest BCUT2D eigenvalue weighted by Gasteiger charge is -2.31. The van der Waals surface area contributed by atoms with E-state index < -0.39 is 5.91 Å². The Morgan fingerprint density at radius 2 is 1.94 bits per heavy atom. The van der Waals surface area contributed by atoms with Crippen molar-refractivity contribution in [1.29, 1.82) is 0 Å². The summed E-state index contributed by atoms with van der Waals surface area (Å²) in [5.74, 6) is 1.12. The second-order valence-corrected chi connectivity index (χ2v) is 9.61. The van der Waals surface area contributed by atoms with Gasteiger partial charge >= 0.3 is 0 Å². The van der Waals surface area contributed by atoms with Crippen LogP contribution in [0.25, 0.3) is 0 Å². The van der Waals surface area contributed by atoms with Crippen molar-refractivity contribution in [2.45, 2.75) is 26.2 Å². The van der Waals surface area contributed by atoms with Crippen molar-refractivity contribution in [2.75, 3.05) is 26.2 Å². The fraction of sp³-hybridized carbons (Fsp3) is 0.310. The molecule has 0 atom stereocenters. The van der Waals surface area contributed by atoms with E-state index in [-0.39, 0.29) is 12.2 Å². The number of aryl methyl sites for hydroxylation is 1. The van der Waals surface area contributed by atoms with Crippen molar-refractivity contribution in [2.24, 2.45) is 11.0 Å². The number of nitrogens with one attached hydrogen (secondary N) is 1. The number of piperidine rings is 1. The molecule has 0 radical (unpaired) electrons. The van der Waals surface area contributed by atoms with Crippen LogP contribution < -0.4 is 10.2 Å². The highest BCUT2D eigenvalue weighted by molar-refractivity contribution is 6.32. The highest BCUT2D eigenvalue weighted by Gasteiger charge is 2.19. The summed E-state index contributed by atoms with van der Waals surface area (Å²) in [6, 6.07) is 20.8. The molecule has 1 fully saturated rings. The normalized spacial score (nSPS) is 14.7. The molecule has 36 heavy (non-hydrogen) atoms. The van der Waals surface area contributed by atoms with Crippen molar-refractivity contribution >= 4 is 23.7 Å². The van der Waals surface area contributed by atoms with Gasteiger partial charge in [0.2, 0.25) is 0 Å². The lowest BCUT2D eigenvalue weighted by Crippen LogP contribution is -2.37. The molecule has 6 nitrogen and oxygen atoms in total. The van der Waals surface area contributed by atoms with Gasteiger partial charge in [-0.05, 0) is 98.3 Å². The predicted octanol–water partition coefficient (Wildman–Crippen LogP) is 5.70. The molecule has 0 saturated carbocycles. The summed E-state index contributed by atoms with van der Waals surface area (Å²) in [6.07, 6.45) is 5.24. The largest absolute Gasteiger partial charge is 0.506 e. The van der Waals surface area contributed by atoms with Crippen LogP contribution in [0.5, 0.6) is 11.5 Å². The smallest absolute Gasteiger partial charge is 0.271 e. The molecule has 1 amide bonds. The number of likely N-dealkylation sites (tertiary alicyclic amines) is 1. The van der Waals surface area contributed by atoms with Crippen LogP contribution >= 0.6 is 11.6 Å². The number of ether oxygens (including phenoxy) is 1. The van der Waals surface area contributed by atoms with Gasteiger partial charge in [0.05, 0.1) is 11.2 Å². The predicted molar refractivity (Wildman–Crippen MR) is 146 cm³/mol. The zero-order valence-corrected chi connectivity index (χ0v) is 21.2. The number of halogens is 1. The van der Waals surface area contributed by atoms with E-state index in [9.17, 15) is 9.90 Å². The lowest BCUT2D eigenvalue weighted by atomic mass is 9.90. The number of phenolic OH excluding ortho intramolecular Hbond substituents is 1. The quantitative estimate of drug-likeness (QED) is 0.288. The highest BCUT2D eigenvalue weighted by Crippen LogP contribution is 2.24. The molecule has 1 aliphatic rings. The van der Waals surface area contributed by atoms with Crippen molar-refractivity contribution < 1.29 is 16.1 Å². The van der Waals surface area contributed by atoms with Crippen LogP contribution in [-0.4, -0.2) is 48.4 Å².